The van der Waals surface area contributed by atoms with Gasteiger partial charge in [-0.3, -0.25) is 9.69 Å². The molecule has 0 unspecified atom stereocenters. The molecule has 0 spiro atoms. The van der Waals surface area contributed by atoms with Gasteiger partial charge in [0.25, 0.3) is 5.91 Å². The number of thiophene rings is 1. The number of benzene rings is 1. The van der Waals surface area contributed by atoms with Gasteiger partial charge in [-0.2, -0.15) is 0 Å². The Morgan fingerprint density at radius 1 is 1.11 bits per heavy atom. The third-order valence-corrected chi connectivity index (χ3v) is 7.00. The molecule has 1 fully saturated rings. The summed E-state index contributed by atoms with van der Waals surface area (Å²) in [6.07, 6.45) is 3.03. The SMILES string of the molecule is O=C(c1cc2ccccc2oc1=O)N1CCC(N2CCc3sccc3C2)CC1. The molecule has 1 saturated heterocycles. The van der Waals surface area contributed by atoms with E-state index in [4.69, 9.17) is 4.42 Å². The Bertz CT molecular complexity index is 1080. The highest BCUT2D eigenvalue weighted by atomic mass is 32.1. The van der Waals surface area contributed by atoms with Gasteiger partial charge in [0.2, 0.25) is 0 Å². The maximum Gasteiger partial charge on any atom is 0.349 e. The van der Waals surface area contributed by atoms with Crippen LogP contribution < -0.4 is 5.63 Å². The van der Waals surface area contributed by atoms with Crippen molar-refractivity contribution in [3.05, 3.63) is 68.2 Å². The average Bonchev–Trinajstić information content (AvgIpc) is 3.21. The van der Waals surface area contributed by atoms with Gasteiger partial charge >= 0.3 is 5.63 Å². The first kappa shape index (κ1) is 17.6. The van der Waals surface area contributed by atoms with E-state index in [1.54, 1.807) is 17.0 Å². The van der Waals surface area contributed by atoms with Crippen molar-refractivity contribution in [1.29, 1.82) is 0 Å². The van der Waals surface area contributed by atoms with E-state index in [2.05, 4.69) is 16.3 Å². The predicted molar refractivity (Wildman–Crippen MR) is 110 cm³/mol. The van der Waals surface area contributed by atoms with Crippen LogP contribution in [0.25, 0.3) is 11.0 Å². The van der Waals surface area contributed by atoms with Gasteiger partial charge < -0.3 is 9.32 Å². The number of fused-ring (bicyclic) bond motifs is 2. The number of rotatable bonds is 2. The molecule has 5 nitrogen and oxygen atoms in total. The minimum absolute atomic E-state index is 0.137. The van der Waals surface area contributed by atoms with Crippen LogP contribution >= 0.6 is 11.3 Å². The Labute approximate surface area is 167 Å². The molecule has 1 aromatic carbocycles. The van der Waals surface area contributed by atoms with E-state index in [0.29, 0.717) is 24.7 Å². The molecule has 0 N–H and O–H groups in total. The molecule has 3 aromatic rings. The summed E-state index contributed by atoms with van der Waals surface area (Å²) in [5.41, 5.74) is 1.56. The Hall–Kier alpha value is -2.44. The van der Waals surface area contributed by atoms with Crippen LogP contribution in [0.15, 0.2) is 51.0 Å². The van der Waals surface area contributed by atoms with E-state index in [1.807, 2.05) is 29.5 Å². The summed E-state index contributed by atoms with van der Waals surface area (Å²) in [5.74, 6) is -0.211. The topological polar surface area (TPSA) is 53.8 Å². The predicted octanol–water partition coefficient (Wildman–Crippen LogP) is 3.52. The minimum Gasteiger partial charge on any atom is -0.422 e. The van der Waals surface area contributed by atoms with Gasteiger partial charge in [0.15, 0.2) is 0 Å². The second-order valence-corrected chi connectivity index (χ2v) is 8.60. The molecule has 0 radical (unpaired) electrons. The molecule has 0 bridgehead atoms. The highest BCUT2D eigenvalue weighted by molar-refractivity contribution is 7.10. The monoisotopic (exact) mass is 394 g/mol. The second-order valence-electron chi connectivity index (χ2n) is 7.60. The summed E-state index contributed by atoms with van der Waals surface area (Å²) in [7, 11) is 0. The number of nitrogens with zero attached hydrogens (tertiary/aromatic N) is 2. The zero-order chi connectivity index (χ0) is 19.1. The highest BCUT2D eigenvalue weighted by Gasteiger charge is 2.30. The largest absolute Gasteiger partial charge is 0.422 e. The second kappa shape index (κ2) is 7.18. The number of piperidine rings is 1. The molecule has 2 aromatic heterocycles. The summed E-state index contributed by atoms with van der Waals surface area (Å²) in [6, 6.07) is 11.7. The summed E-state index contributed by atoms with van der Waals surface area (Å²) >= 11 is 1.86. The van der Waals surface area contributed by atoms with Crippen molar-refractivity contribution in [3.63, 3.8) is 0 Å². The van der Waals surface area contributed by atoms with Crippen molar-refractivity contribution in [2.24, 2.45) is 0 Å². The number of hydrogen-bond acceptors (Lipinski definition) is 5. The lowest BCUT2D eigenvalue weighted by Gasteiger charge is -2.40. The fraction of sp³-hybridized carbons (Fsp3) is 0.364. The lowest BCUT2D eigenvalue weighted by Crippen LogP contribution is -2.48. The Balaban J connectivity index is 1.27. The van der Waals surface area contributed by atoms with E-state index < -0.39 is 5.63 Å². The third kappa shape index (κ3) is 3.16. The zero-order valence-corrected chi connectivity index (χ0v) is 16.4. The molecule has 0 atom stereocenters. The smallest absolute Gasteiger partial charge is 0.349 e. The fourth-order valence-electron chi connectivity index (χ4n) is 4.40. The summed E-state index contributed by atoms with van der Waals surface area (Å²) < 4.78 is 5.34. The molecule has 6 heteroatoms. The van der Waals surface area contributed by atoms with Crippen LogP contribution in [0, 0.1) is 0 Å². The minimum atomic E-state index is -0.549. The van der Waals surface area contributed by atoms with Crippen molar-refractivity contribution < 1.29 is 9.21 Å². The number of hydrogen-bond donors (Lipinski definition) is 0. The molecule has 0 saturated carbocycles. The number of para-hydroxylation sites is 1. The Morgan fingerprint density at radius 3 is 2.79 bits per heavy atom. The maximum absolute atomic E-state index is 12.9. The van der Waals surface area contributed by atoms with E-state index in [-0.39, 0.29) is 11.5 Å². The van der Waals surface area contributed by atoms with E-state index in [0.717, 1.165) is 37.7 Å². The van der Waals surface area contributed by atoms with Gasteiger partial charge in [-0.05, 0) is 48.4 Å². The van der Waals surface area contributed by atoms with Crippen molar-refractivity contribution in [2.75, 3.05) is 19.6 Å². The van der Waals surface area contributed by atoms with E-state index >= 15 is 0 Å². The van der Waals surface area contributed by atoms with Gasteiger partial charge in [-0.25, -0.2) is 4.79 Å². The summed E-state index contributed by atoms with van der Waals surface area (Å²) in [6.45, 7) is 3.48. The lowest BCUT2D eigenvalue weighted by molar-refractivity contribution is 0.0597. The van der Waals surface area contributed by atoms with Crippen molar-refractivity contribution in [1.82, 2.24) is 9.80 Å². The number of carbonyl (C=O) groups excluding carboxylic acids is 1. The van der Waals surface area contributed by atoms with Crippen LogP contribution in [0.4, 0.5) is 0 Å². The van der Waals surface area contributed by atoms with Gasteiger partial charge in [0, 0.05) is 42.5 Å². The average molecular weight is 394 g/mol. The molecular weight excluding hydrogens is 372 g/mol. The number of carbonyl (C=O) groups is 1. The Morgan fingerprint density at radius 2 is 1.93 bits per heavy atom. The summed E-state index contributed by atoms with van der Waals surface area (Å²) in [4.78, 5) is 31.1. The normalized spacial score (nSPS) is 18.4. The molecule has 2 aliphatic rings. The molecule has 1 amide bonds. The van der Waals surface area contributed by atoms with Crippen molar-refractivity contribution in [3.8, 4) is 0 Å². The molecule has 144 valence electrons. The van der Waals surface area contributed by atoms with Gasteiger partial charge in [-0.1, -0.05) is 18.2 Å². The fourth-order valence-corrected chi connectivity index (χ4v) is 5.29. The molecule has 0 aliphatic carbocycles. The van der Waals surface area contributed by atoms with Gasteiger partial charge in [0.1, 0.15) is 11.1 Å². The van der Waals surface area contributed by atoms with Gasteiger partial charge in [0.05, 0.1) is 0 Å². The van der Waals surface area contributed by atoms with Crippen LogP contribution in [0.3, 0.4) is 0 Å². The maximum atomic E-state index is 12.9. The standard InChI is InChI=1S/C22H22N2O3S/c25-21(18-13-15-3-1-2-4-19(15)27-22(18)26)23-9-5-17(6-10-23)24-11-7-20-16(14-24)8-12-28-20/h1-4,8,12-13,17H,5-7,9-11,14H2. The molecule has 4 heterocycles. The third-order valence-electron chi connectivity index (χ3n) is 5.98. The molecule has 2 aliphatic heterocycles. The van der Waals surface area contributed by atoms with E-state index in [9.17, 15) is 9.59 Å². The highest BCUT2D eigenvalue weighted by Crippen LogP contribution is 2.28. The molecule has 5 rings (SSSR count). The van der Waals surface area contributed by atoms with Crippen LogP contribution in [0.5, 0.6) is 0 Å². The summed E-state index contributed by atoms with van der Waals surface area (Å²) in [5, 5.41) is 2.96. The molecule has 28 heavy (non-hydrogen) atoms. The Kier molecular flexibility index (Phi) is 4.53. The van der Waals surface area contributed by atoms with Crippen LogP contribution in [-0.2, 0) is 13.0 Å². The molecular formula is C22H22N2O3S. The van der Waals surface area contributed by atoms with Crippen molar-refractivity contribution in [2.45, 2.75) is 31.8 Å². The first-order valence-corrected chi connectivity index (χ1v) is 10.7. The first-order valence-electron chi connectivity index (χ1n) is 9.80. The lowest BCUT2D eigenvalue weighted by atomic mass is 9.99. The van der Waals surface area contributed by atoms with E-state index in [1.165, 1.54) is 10.4 Å². The van der Waals surface area contributed by atoms with Crippen LogP contribution in [0.1, 0.15) is 33.6 Å². The van der Waals surface area contributed by atoms with Crippen molar-refractivity contribution >= 4 is 28.2 Å². The quantitative estimate of drug-likeness (QED) is 0.624. The zero-order valence-electron chi connectivity index (χ0n) is 15.6. The number of likely N-dealkylation sites (tertiary alicyclic amines) is 1. The van der Waals surface area contributed by atoms with Crippen LogP contribution in [0.2, 0.25) is 0 Å². The number of amides is 1. The van der Waals surface area contributed by atoms with Crippen LogP contribution in [-0.4, -0.2) is 41.4 Å². The first-order chi connectivity index (χ1) is 13.7. The van der Waals surface area contributed by atoms with Gasteiger partial charge in [-0.15, -0.1) is 11.3 Å².